The highest BCUT2D eigenvalue weighted by Gasteiger charge is 2.46. The van der Waals surface area contributed by atoms with Gasteiger partial charge < -0.3 is 10.0 Å². The Hall–Kier alpha value is -2.66. The number of alkyl halides is 3. The normalized spacial score (nSPS) is 22.7. The van der Waals surface area contributed by atoms with Crippen LogP contribution in [0.1, 0.15) is 84.8 Å². The van der Waals surface area contributed by atoms with Gasteiger partial charge in [0.2, 0.25) is 0 Å². The molecule has 206 valence electrons. The number of aromatic nitrogens is 3. The predicted molar refractivity (Wildman–Crippen MR) is 132 cm³/mol. The summed E-state index contributed by atoms with van der Waals surface area (Å²) in [5, 5.41) is 13.4. The molecule has 0 bridgehead atoms. The average molecular weight is 575 g/mol. The number of hydrogen-bond acceptors (Lipinski definition) is 5. The Labute approximate surface area is 227 Å². The lowest BCUT2D eigenvalue weighted by Crippen LogP contribution is -2.40. The molecule has 0 saturated heterocycles. The Morgan fingerprint density at radius 1 is 1.08 bits per heavy atom. The summed E-state index contributed by atoms with van der Waals surface area (Å²) in [4.78, 5) is 43.2. The number of carbonyl (C=O) groups is 3. The molecule has 2 aromatic rings. The Morgan fingerprint density at radius 2 is 1.66 bits per heavy atom. The number of carbonyl (C=O) groups excluding carboxylic acids is 2. The third kappa shape index (κ3) is 5.68. The van der Waals surface area contributed by atoms with Crippen LogP contribution in [0.15, 0.2) is 18.6 Å². The average Bonchev–Trinajstić information content (AvgIpc) is 3.37. The second-order valence-corrected chi connectivity index (χ2v) is 11.6. The van der Waals surface area contributed by atoms with Crippen LogP contribution in [-0.2, 0) is 11.0 Å². The monoisotopic (exact) mass is 574 g/mol. The van der Waals surface area contributed by atoms with E-state index in [1.165, 1.54) is 12.4 Å². The van der Waals surface area contributed by atoms with E-state index in [1.807, 2.05) is 6.92 Å². The maximum Gasteiger partial charge on any atom is 0.433 e. The number of amides is 1. The number of Topliss-reactive ketones (excluding diaryl/α,β-unsaturated/α-hetero) is 1. The van der Waals surface area contributed by atoms with E-state index in [0.29, 0.717) is 0 Å². The van der Waals surface area contributed by atoms with Crippen LogP contribution in [0.4, 0.5) is 13.2 Å². The minimum Gasteiger partial charge on any atom is -0.481 e. The molecule has 2 saturated carbocycles. The SMILES string of the molecule is CC1(CN(CC(=O)c2c(Cl)cncc2Cl)C(=O)c2cnn([C@H]3CC[C@](C)(C(=O)O)CC3)c2C(F)(F)F)CC1. The Balaban J connectivity index is 1.66. The fraction of sp³-hybridized carbons (Fsp3) is 0.560. The van der Waals surface area contributed by atoms with E-state index in [9.17, 15) is 32.7 Å². The van der Waals surface area contributed by atoms with Gasteiger partial charge in [-0.25, -0.2) is 0 Å². The van der Waals surface area contributed by atoms with E-state index in [0.717, 1.165) is 28.6 Å². The van der Waals surface area contributed by atoms with Crippen molar-refractivity contribution >= 4 is 40.9 Å². The zero-order valence-electron chi connectivity index (χ0n) is 20.8. The molecule has 8 nitrogen and oxygen atoms in total. The van der Waals surface area contributed by atoms with E-state index in [4.69, 9.17) is 23.2 Å². The van der Waals surface area contributed by atoms with Crippen LogP contribution < -0.4 is 0 Å². The van der Waals surface area contributed by atoms with Crippen LogP contribution >= 0.6 is 23.2 Å². The fourth-order valence-corrected chi connectivity index (χ4v) is 5.48. The second kappa shape index (κ2) is 10.1. The molecule has 0 unspecified atom stereocenters. The maximum atomic E-state index is 14.4. The molecular weight excluding hydrogens is 548 g/mol. The molecule has 2 fully saturated rings. The molecule has 2 heterocycles. The molecule has 2 aliphatic carbocycles. The summed E-state index contributed by atoms with van der Waals surface area (Å²) in [6.45, 7) is 3.00. The highest BCUT2D eigenvalue weighted by Crippen LogP contribution is 2.46. The number of pyridine rings is 1. The van der Waals surface area contributed by atoms with Crippen LogP contribution in [0.25, 0.3) is 0 Å². The van der Waals surface area contributed by atoms with Crippen LogP contribution in [0.5, 0.6) is 0 Å². The molecule has 4 rings (SSSR count). The number of rotatable bonds is 8. The summed E-state index contributed by atoms with van der Waals surface area (Å²) >= 11 is 12.2. The highest BCUT2D eigenvalue weighted by atomic mass is 35.5. The summed E-state index contributed by atoms with van der Waals surface area (Å²) in [6, 6.07) is -0.717. The number of aliphatic carboxylic acids is 1. The lowest BCUT2D eigenvalue weighted by atomic mass is 9.74. The second-order valence-electron chi connectivity index (χ2n) is 10.8. The molecule has 0 aliphatic heterocycles. The molecule has 2 aromatic heterocycles. The van der Waals surface area contributed by atoms with Crippen molar-refractivity contribution in [3.8, 4) is 0 Å². The summed E-state index contributed by atoms with van der Waals surface area (Å²) in [5.41, 5.74) is -3.26. The summed E-state index contributed by atoms with van der Waals surface area (Å²) in [7, 11) is 0. The van der Waals surface area contributed by atoms with Gasteiger partial charge in [-0.15, -0.1) is 0 Å². The molecule has 0 spiro atoms. The van der Waals surface area contributed by atoms with Gasteiger partial charge >= 0.3 is 12.1 Å². The van der Waals surface area contributed by atoms with Gasteiger partial charge in [-0.3, -0.25) is 24.0 Å². The van der Waals surface area contributed by atoms with Crippen LogP contribution in [0, 0.1) is 10.8 Å². The van der Waals surface area contributed by atoms with Crippen molar-refractivity contribution in [2.75, 3.05) is 13.1 Å². The van der Waals surface area contributed by atoms with E-state index in [2.05, 4.69) is 10.1 Å². The van der Waals surface area contributed by atoms with Gasteiger partial charge in [0, 0.05) is 18.9 Å². The summed E-state index contributed by atoms with van der Waals surface area (Å²) < 4.78 is 43.8. The lowest BCUT2D eigenvalue weighted by molar-refractivity contribution is -0.152. The predicted octanol–water partition coefficient (Wildman–Crippen LogP) is 5.93. The number of hydrogen-bond donors (Lipinski definition) is 1. The molecule has 13 heteroatoms. The third-order valence-electron chi connectivity index (χ3n) is 7.65. The topological polar surface area (TPSA) is 105 Å². The first-order valence-electron chi connectivity index (χ1n) is 12.1. The smallest absolute Gasteiger partial charge is 0.433 e. The highest BCUT2D eigenvalue weighted by molar-refractivity contribution is 6.39. The van der Waals surface area contributed by atoms with Gasteiger partial charge in [0.25, 0.3) is 5.91 Å². The number of ketones is 1. The van der Waals surface area contributed by atoms with Crippen LogP contribution in [0.3, 0.4) is 0 Å². The summed E-state index contributed by atoms with van der Waals surface area (Å²) in [5.74, 6) is -2.59. The third-order valence-corrected chi connectivity index (χ3v) is 8.22. The molecule has 0 aromatic carbocycles. The zero-order chi connectivity index (χ0) is 28.0. The molecule has 2 aliphatic rings. The van der Waals surface area contributed by atoms with Crippen molar-refractivity contribution in [3.63, 3.8) is 0 Å². The first-order valence-corrected chi connectivity index (χ1v) is 12.9. The maximum absolute atomic E-state index is 14.4. The summed E-state index contributed by atoms with van der Waals surface area (Å²) in [6.07, 6.45) is 0.637. The van der Waals surface area contributed by atoms with Crippen molar-refractivity contribution in [3.05, 3.63) is 45.5 Å². The number of halogens is 5. The molecule has 1 amide bonds. The van der Waals surface area contributed by atoms with E-state index < -0.39 is 53.1 Å². The van der Waals surface area contributed by atoms with Crippen molar-refractivity contribution in [2.45, 2.75) is 64.6 Å². The molecule has 0 radical (unpaired) electrons. The fourth-order valence-electron chi connectivity index (χ4n) is 4.91. The van der Waals surface area contributed by atoms with Gasteiger partial charge in [0.1, 0.15) is 0 Å². The molecule has 38 heavy (non-hydrogen) atoms. The van der Waals surface area contributed by atoms with Gasteiger partial charge in [-0.2, -0.15) is 18.3 Å². The Bertz CT molecular complexity index is 1250. The first-order chi connectivity index (χ1) is 17.7. The van der Waals surface area contributed by atoms with Crippen LogP contribution in [-0.4, -0.2) is 55.5 Å². The standard InChI is InChI=1S/C25H27Cl2F3N4O4/c1-23(7-8-23)13-33(12-18(35)19-16(26)10-31-11-17(19)27)21(36)15-9-32-34(20(15)25(28,29)30)14-3-5-24(2,6-4-14)22(37)38/h9-11,14H,3-8,12-13H2,1-2H3,(H,37,38)/t14-,24-. The number of carboxylic acid groups (broad SMARTS) is 1. The van der Waals surface area contributed by atoms with Crippen molar-refractivity contribution in [1.82, 2.24) is 19.7 Å². The lowest BCUT2D eigenvalue weighted by Gasteiger charge is -2.34. The van der Waals surface area contributed by atoms with Gasteiger partial charge in [0.05, 0.1) is 45.4 Å². The Kier molecular flexibility index (Phi) is 7.57. The van der Waals surface area contributed by atoms with E-state index in [-0.39, 0.29) is 53.3 Å². The zero-order valence-corrected chi connectivity index (χ0v) is 22.3. The van der Waals surface area contributed by atoms with Crippen LogP contribution in [0.2, 0.25) is 10.0 Å². The van der Waals surface area contributed by atoms with Crippen molar-refractivity contribution in [2.24, 2.45) is 10.8 Å². The van der Waals surface area contributed by atoms with Crippen molar-refractivity contribution < 1.29 is 32.7 Å². The largest absolute Gasteiger partial charge is 0.481 e. The van der Waals surface area contributed by atoms with Crippen molar-refractivity contribution in [1.29, 1.82) is 0 Å². The van der Waals surface area contributed by atoms with E-state index in [1.54, 1.807) is 6.92 Å². The number of carboxylic acids is 1. The van der Waals surface area contributed by atoms with Gasteiger partial charge in [-0.1, -0.05) is 30.1 Å². The van der Waals surface area contributed by atoms with Gasteiger partial charge in [0.15, 0.2) is 11.5 Å². The minimum atomic E-state index is -4.91. The van der Waals surface area contributed by atoms with Gasteiger partial charge in [-0.05, 0) is 50.9 Å². The minimum absolute atomic E-state index is 0.0259. The Morgan fingerprint density at radius 3 is 2.16 bits per heavy atom. The molecule has 0 atom stereocenters. The quantitative estimate of drug-likeness (QED) is 0.391. The van der Waals surface area contributed by atoms with E-state index >= 15 is 0 Å². The molecule has 1 N–H and O–H groups in total. The number of nitrogens with zero attached hydrogens (tertiary/aromatic N) is 4. The first kappa shape index (κ1) is 28.4. The molecular formula is C25H27Cl2F3N4O4.